The zero-order valence-electron chi connectivity index (χ0n) is 46.7. The third-order valence-electron chi connectivity index (χ3n) is 17.2. The summed E-state index contributed by atoms with van der Waals surface area (Å²) in [5.41, 5.74) is 8.76. The molecule has 0 spiro atoms. The van der Waals surface area contributed by atoms with E-state index < -0.39 is 11.2 Å². The van der Waals surface area contributed by atoms with E-state index in [0.29, 0.717) is 0 Å². The Morgan fingerprint density at radius 3 is 1.48 bits per heavy atom. The van der Waals surface area contributed by atoms with Gasteiger partial charge in [-0.3, -0.25) is 0 Å². The summed E-state index contributed by atoms with van der Waals surface area (Å²) in [4.78, 5) is 2.49. The molecule has 0 saturated carbocycles. The van der Waals surface area contributed by atoms with Crippen LogP contribution >= 0.6 is 45.3 Å². The fraction of sp³-hybridized carbons (Fsp3) is 0.147. The Bertz CT molecular complexity index is 4990. The van der Waals surface area contributed by atoms with Gasteiger partial charge < -0.3 is 28.6 Å². The Balaban J connectivity index is 0.000000143. The number of methoxy groups -OCH3 is 2. The van der Waals surface area contributed by atoms with Crippen molar-refractivity contribution in [3.05, 3.63) is 245 Å². The number of fused-ring (bicyclic) bond motifs is 19. The van der Waals surface area contributed by atoms with Crippen LogP contribution in [-0.4, -0.2) is 40.5 Å². The van der Waals surface area contributed by atoms with Gasteiger partial charge in [0.25, 0.3) is 0 Å². The minimum absolute atomic E-state index is 0. The second kappa shape index (κ2) is 20.9. The third kappa shape index (κ3) is 8.47. The summed E-state index contributed by atoms with van der Waals surface area (Å²) < 4.78 is 41.9. The van der Waals surface area contributed by atoms with Crippen molar-refractivity contribution in [2.75, 3.05) is 45.4 Å². The Kier molecular flexibility index (Phi) is 13.1. The van der Waals surface area contributed by atoms with E-state index in [1.54, 1.807) is 14.2 Å². The molecule has 10 heteroatoms. The summed E-state index contributed by atoms with van der Waals surface area (Å²) in [7, 11) is 3.41. The van der Waals surface area contributed by atoms with Gasteiger partial charge in [-0.2, -0.15) is 0 Å². The molecule has 2 unspecified atom stereocenters. The lowest BCUT2D eigenvalue weighted by atomic mass is 9.82. The van der Waals surface area contributed by atoms with Gasteiger partial charge >= 0.3 is 0 Å². The maximum Gasteiger partial charge on any atom is 0.178 e. The van der Waals surface area contributed by atoms with Crippen LogP contribution in [0.15, 0.2) is 200 Å². The van der Waals surface area contributed by atoms with Gasteiger partial charge in [0.05, 0.1) is 55.6 Å². The first-order valence-corrected chi connectivity index (χ1v) is 31.7. The van der Waals surface area contributed by atoms with Crippen LogP contribution in [0.25, 0.3) is 92.8 Å². The highest BCUT2D eigenvalue weighted by molar-refractivity contribution is 7.37. The Labute approximate surface area is 509 Å². The van der Waals surface area contributed by atoms with Gasteiger partial charge in [-0.1, -0.05) is 170 Å². The lowest BCUT2D eigenvalue weighted by molar-refractivity contribution is 0.123. The van der Waals surface area contributed by atoms with Crippen LogP contribution in [0.2, 0.25) is 0 Å². The molecular formula is C75H59NO5S4. The molecule has 1 fully saturated rings. The van der Waals surface area contributed by atoms with E-state index in [1.807, 2.05) is 69.6 Å². The highest BCUT2D eigenvalue weighted by atomic mass is 32.1. The third-order valence-corrected chi connectivity index (χ3v) is 22.3. The lowest BCUT2D eigenvalue weighted by Crippen LogP contribution is -2.37. The summed E-state index contributed by atoms with van der Waals surface area (Å²) in [6.45, 7) is 7.52. The number of thiophene rings is 4. The number of hydrogen-bond donors (Lipinski definition) is 0. The van der Waals surface area contributed by atoms with Gasteiger partial charge in [0.1, 0.15) is 23.0 Å². The molecule has 0 aliphatic carbocycles. The molecule has 1 saturated heterocycles. The number of nitrogens with zero attached hydrogens (tertiary/aromatic N) is 1. The van der Waals surface area contributed by atoms with Gasteiger partial charge in [-0.25, -0.2) is 0 Å². The number of hydrogen-bond acceptors (Lipinski definition) is 10. The van der Waals surface area contributed by atoms with Crippen LogP contribution in [0.3, 0.4) is 0 Å². The molecule has 6 nitrogen and oxygen atoms in total. The number of morpholine rings is 1. The predicted octanol–water partition coefficient (Wildman–Crippen LogP) is 20.7. The summed E-state index contributed by atoms with van der Waals surface area (Å²) >= 11 is 7.51. The van der Waals surface area contributed by atoms with Crippen LogP contribution < -0.4 is 23.8 Å². The Hall–Kier alpha value is -8.48. The maximum atomic E-state index is 7.44. The van der Waals surface area contributed by atoms with Crippen molar-refractivity contribution >= 4 is 144 Å². The average molecular weight is 1180 g/mol. The van der Waals surface area contributed by atoms with Gasteiger partial charge in [0.2, 0.25) is 0 Å². The highest BCUT2D eigenvalue weighted by Crippen LogP contribution is 2.58. The predicted molar refractivity (Wildman–Crippen MR) is 363 cm³/mol. The smallest absolute Gasteiger partial charge is 0.178 e. The van der Waals surface area contributed by atoms with E-state index in [9.17, 15) is 0 Å². The van der Waals surface area contributed by atoms with Crippen molar-refractivity contribution in [3.63, 3.8) is 0 Å². The molecule has 14 aromatic rings. The van der Waals surface area contributed by atoms with Gasteiger partial charge in [-0.15, -0.1) is 45.3 Å². The molecule has 2 atom stereocenters. The minimum atomic E-state index is -0.788. The number of rotatable bonds is 7. The minimum Gasteiger partial charge on any atom is -0.497 e. The molecule has 418 valence electrons. The van der Waals surface area contributed by atoms with Crippen molar-refractivity contribution in [1.29, 1.82) is 0 Å². The van der Waals surface area contributed by atoms with E-state index >= 15 is 0 Å². The number of ether oxygens (including phenoxy) is 5. The fourth-order valence-corrected chi connectivity index (χ4v) is 18.4. The van der Waals surface area contributed by atoms with Gasteiger partial charge in [0.15, 0.2) is 11.2 Å². The zero-order chi connectivity index (χ0) is 56.3. The molecule has 0 bridgehead atoms. The topological polar surface area (TPSA) is 49.4 Å². The molecule has 85 heavy (non-hydrogen) atoms. The van der Waals surface area contributed by atoms with Crippen LogP contribution in [-0.2, 0) is 15.9 Å². The summed E-state index contributed by atoms with van der Waals surface area (Å²) in [5, 5.41) is 10.3. The molecule has 0 N–H and O–H groups in total. The van der Waals surface area contributed by atoms with Gasteiger partial charge in [-0.05, 0) is 90.7 Å². The average Bonchev–Trinajstić information content (AvgIpc) is 1.78. The molecule has 0 amide bonds. The lowest BCUT2D eigenvalue weighted by Gasteiger charge is -2.37. The Morgan fingerprint density at radius 1 is 0.435 bits per heavy atom. The fourth-order valence-electron chi connectivity index (χ4n) is 12.9. The number of anilines is 1. The van der Waals surface area contributed by atoms with E-state index in [2.05, 4.69) is 207 Å². The molecule has 17 rings (SSSR count). The number of aryl methyl sites for hydroxylation is 2. The first kappa shape index (κ1) is 53.3. The van der Waals surface area contributed by atoms with Gasteiger partial charge in [0, 0.05) is 88.5 Å². The zero-order valence-corrected chi connectivity index (χ0v) is 49.9. The van der Waals surface area contributed by atoms with Crippen molar-refractivity contribution in [2.24, 2.45) is 0 Å². The SMILES string of the molecule is C.COc1ccc(C2(c3ccc(C)cc3)C=Cc3c(c4sc5c6ccccc6sc5c4c4c3ccc3ccccc34)O2)cc1.COc1ccc(C2(c3ccc(C)cc3)C=Cc3cc(N4CCOCC4)c4c(sc5c6ccccc6sc54)c3O2)cc1. The van der Waals surface area contributed by atoms with Crippen LogP contribution in [0.4, 0.5) is 5.69 Å². The van der Waals surface area contributed by atoms with E-state index in [4.69, 9.17) is 23.7 Å². The van der Waals surface area contributed by atoms with Crippen LogP contribution in [0, 0.1) is 13.8 Å². The number of benzene rings is 10. The highest BCUT2D eigenvalue weighted by Gasteiger charge is 2.41. The first-order valence-electron chi connectivity index (χ1n) is 28.4. The largest absolute Gasteiger partial charge is 0.497 e. The molecule has 3 aliphatic rings. The van der Waals surface area contributed by atoms with Crippen LogP contribution in [0.5, 0.6) is 23.0 Å². The first-order chi connectivity index (χ1) is 41.3. The molecule has 4 aromatic heterocycles. The van der Waals surface area contributed by atoms with Crippen molar-refractivity contribution in [1.82, 2.24) is 0 Å². The summed E-state index contributed by atoms with van der Waals surface area (Å²) in [5.74, 6) is 3.56. The molecule has 7 heterocycles. The van der Waals surface area contributed by atoms with Crippen LogP contribution in [0.1, 0.15) is 51.9 Å². The van der Waals surface area contributed by atoms with E-state index in [1.165, 1.54) is 97.5 Å². The van der Waals surface area contributed by atoms with Crippen molar-refractivity contribution < 1.29 is 23.7 Å². The maximum absolute atomic E-state index is 7.44. The van der Waals surface area contributed by atoms with E-state index in [-0.39, 0.29) is 7.43 Å². The summed E-state index contributed by atoms with van der Waals surface area (Å²) in [6.07, 6.45) is 9.03. The second-order valence-corrected chi connectivity index (χ2v) is 26.2. The van der Waals surface area contributed by atoms with Crippen molar-refractivity contribution in [2.45, 2.75) is 32.5 Å². The van der Waals surface area contributed by atoms with Crippen molar-refractivity contribution in [3.8, 4) is 23.0 Å². The molecule has 10 aromatic carbocycles. The quantitative estimate of drug-likeness (QED) is 0.148. The van der Waals surface area contributed by atoms with E-state index in [0.717, 1.165) is 82.7 Å². The molecule has 0 radical (unpaired) electrons. The second-order valence-electron chi connectivity index (χ2n) is 22.0. The monoisotopic (exact) mass is 1180 g/mol. The normalized spacial score (nSPS) is 17.2. The molecule has 3 aliphatic heterocycles. The standard InChI is InChI=1S/C39H26O2S2.C35H29NO3S2.CH4/c1-23-11-14-25(15-12-23)39(26-16-18-27(40-2)19-17-26)22-21-30-29-20-13-24-7-3-4-8-28(24)33(29)34-37(35(30)41-39)43-36-31-9-5-6-10-32(31)42-38(34)36;1-22-7-9-24(10-8-22)35(25-11-13-26(37-2)14-12-25)16-15-23-21-28(36-17-19-38-20-18-36)30-33(31(23)39-35)41-32-27-5-3-4-6-29(27)40-34(30)32;/h3-22H,1-2H3;3-16,21H,17-20H2,1-2H3;1H4. The Morgan fingerprint density at radius 2 is 0.918 bits per heavy atom. The molecular weight excluding hydrogens is 1120 g/mol. The summed E-state index contributed by atoms with van der Waals surface area (Å²) in [6, 6.07) is 67.2.